The Labute approximate surface area is 186 Å². The van der Waals surface area contributed by atoms with Gasteiger partial charge >= 0.3 is 0 Å². The van der Waals surface area contributed by atoms with Crippen LogP contribution in [0.15, 0.2) is 4.99 Å². The lowest BCUT2D eigenvalue weighted by Crippen LogP contribution is -2.42. The predicted molar refractivity (Wildman–Crippen MR) is 130 cm³/mol. The van der Waals surface area contributed by atoms with Gasteiger partial charge in [0, 0.05) is 19.1 Å². The Bertz CT molecular complexity index is 366. The summed E-state index contributed by atoms with van der Waals surface area (Å²) in [5.74, 6) is 1.90. The van der Waals surface area contributed by atoms with Gasteiger partial charge in [-0.15, -0.1) is 24.0 Å². The van der Waals surface area contributed by atoms with Gasteiger partial charge in [-0.25, -0.2) is 0 Å². The van der Waals surface area contributed by atoms with Crippen molar-refractivity contribution in [3.05, 3.63) is 0 Å². The van der Waals surface area contributed by atoms with Crippen LogP contribution < -0.4 is 10.6 Å². The molecule has 0 aliphatic carbocycles. The van der Waals surface area contributed by atoms with Crippen molar-refractivity contribution in [2.24, 2.45) is 10.9 Å². The van der Waals surface area contributed by atoms with Gasteiger partial charge in [0.1, 0.15) is 0 Å². The Morgan fingerprint density at radius 1 is 1.15 bits per heavy atom. The Morgan fingerprint density at radius 2 is 1.81 bits per heavy atom. The van der Waals surface area contributed by atoms with E-state index in [-0.39, 0.29) is 24.0 Å². The van der Waals surface area contributed by atoms with E-state index in [4.69, 9.17) is 4.99 Å². The zero-order valence-electron chi connectivity index (χ0n) is 18.6. The second-order valence-electron chi connectivity index (χ2n) is 7.85. The molecular weight excluding hydrogens is 449 g/mol. The van der Waals surface area contributed by atoms with Crippen molar-refractivity contribution in [2.75, 3.05) is 52.4 Å². The fourth-order valence-electron chi connectivity index (χ4n) is 3.56. The predicted octanol–water partition coefficient (Wildman–Crippen LogP) is 3.79. The summed E-state index contributed by atoms with van der Waals surface area (Å²) in [6.45, 7) is 20.3. The average molecular weight is 496 g/mol. The number of aliphatic imine (C=N–C) groups is 1. The van der Waals surface area contributed by atoms with Gasteiger partial charge in [0.15, 0.2) is 5.96 Å². The fourth-order valence-corrected chi connectivity index (χ4v) is 3.56. The Balaban J connectivity index is 0.00000676. The maximum absolute atomic E-state index is 4.79. The third kappa shape index (κ3) is 12.9. The quantitative estimate of drug-likeness (QED) is 0.187. The van der Waals surface area contributed by atoms with E-state index in [0.717, 1.165) is 44.5 Å². The minimum Gasteiger partial charge on any atom is -0.357 e. The third-order valence-electron chi connectivity index (χ3n) is 5.51. The minimum absolute atomic E-state index is 0. The molecule has 6 heteroatoms. The van der Waals surface area contributed by atoms with Gasteiger partial charge in [-0.1, -0.05) is 20.8 Å². The molecule has 27 heavy (non-hydrogen) atoms. The molecule has 1 aliphatic heterocycles. The molecular formula is C21H46IN5. The van der Waals surface area contributed by atoms with Crippen LogP contribution in [0.1, 0.15) is 66.7 Å². The number of hydrogen-bond donors (Lipinski definition) is 2. The number of rotatable bonds is 12. The molecule has 1 heterocycles. The molecule has 1 unspecified atom stereocenters. The van der Waals surface area contributed by atoms with Crippen molar-refractivity contribution in [3.8, 4) is 0 Å². The molecule has 1 rings (SSSR count). The highest BCUT2D eigenvalue weighted by Gasteiger charge is 2.14. The van der Waals surface area contributed by atoms with E-state index in [1.165, 1.54) is 51.9 Å². The van der Waals surface area contributed by atoms with Crippen LogP contribution in [0, 0.1) is 5.92 Å². The number of piperidine rings is 1. The van der Waals surface area contributed by atoms with Gasteiger partial charge in [-0.2, -0.15) is 0 Å². The lowest BCUT2D eigenvalue weighted by molar-refractivity contribution is 0.191. The highest BCUT2D eigenvalue weighted by Crippen LogP contribution is 2.15. The van der Waals surface area contributed by atoms with Crippen molar-refractivity contribution in [3.63, 3.8) is 0 Å². The lowest BCUT2D eigenvalue weighted by atomic mass is 9.99. The monoisotopic (exact) mass is 495 g/mol. The Hall–Kier alpha value is -0.0800. The molecule has 1 aliphatic rings. The molecule has 0 aromatic rings. The number of halogens is 1. The van der Waals surface area contributed by atoms with Crippen LogP contribution in [0.25, 0.3) is 0 Å². The molecule has 1 saturated heterocycles. The first-order chi connectivity index (χ1) is 12.6. The summed E-state index contributed by atoms with van der Waals surface area (Å²) in [5, 5.41) is 6.97. The minimum atomic E-state index is 0. The largest absolute Gasteiger partial charge is 0.357 e. The van der Waals surface area contributed by atoms with Gasteiger partial charge in [-0.3, -0.25) is 4.99 Å². The second kappa shape index (κ2) is 16.8. The standard InChI is InChI=1S/C21H45N5.HI/c1-6-22-21(24-20(5)11-9-15-25(7-2)8-3)23-14-10-16-26-17-12-19(4)13-18-26;/h19-20H,6-18H2,1-5H3,(H2,22,23,24);1H. The number of hydrogen-bond acceptors (Lipinski definition) is 3. The van der Waals surface area contributed by atoms with Crippen LogP contribution >= 0.6 is 24.0 Å². The van der Waals surface area contributed by atoms with E-state index < -0.39 is 0 Å². The molecule has 2 N–H and O–H groups in total. The number of guanidine groups is 1. The van der Waals surface area contributed by atoms with Gasteiger partial charge in [0.2, 0.25) is 0 Å². The van der Waals surface area contributed by atoms with Crippen LogP contribution in [0.3, 0.4) is 0 Å². The van der Waals surface area contributed by atoms with Crippen molar-refractivity contribution < 1.29 is 0 Å². The van der Waals surface area contributed by atoms with Crippen molar-refractivity contribution in [1.82, 2.24) is 20.4 Å². The van der Waals surface area contributed by atoms with Gasteiger partial charge in [0.25, 0.3) is 0 Å². The van der Waals surface area contributed by atoms with E-state index in [0.29, 0.717) is 6.04 Å². The van der Waals surface area contributed by atoms with Gasteiger partial charge in [0.05, 0.1) is 0 Å². The molecule has 0 aromatic heterocycles. The summed E-state index contributed by atoms with van der Waals surface area (Å²) in [6, 6.07) is 0.465. The van der Waals surface area contributed by atoms with E-state index >= 15 is 0 Å². The van der Waals surface area contributed by atoms with E-state index in [1.807, 2.05) is 0 Å². The smallest absolute Gasteiger partial charge is 0.191 e. The molecule has 1 atom stereocenters. The van der Waals surface area contributed by atoms with Crippen LogP contribution in [-0.2, 0) is 0 Å². The molecule has 5 nitrogen and oxygen atoms in total. The summed E-state index contributed by atoms with van der Waals surface area (Å²) in [4.78, 5) is 9.88. The van der Waals surface area contributed by atoms with Crippen molar-refractivity contribution >= 4 is 29.9 Å². The molecule has 1 fully saturated rings. The molecule has 162 valence electrons. The van der Waals surface area contributed by atoms with Crippen LogP contribution in [0.2, 0.25) is 0 Å². The first kappa shape index (κ1) is 26.9. The zero-order valence-corrected chi connectivity index (χ0v) is 20.9. The first-order valence-corrected chi connectivity index (χ1v) is 11.1. The van der Waals surface area contributed by atoms with E-state index in [1.54, 1.807) is 0 Å². The fraction of sp³-hybridized carbons (Fsp3) is 0.952. The van der Waals surface area contributed by atoms with Crippen LogP contribution in [0.4, 0.5) is 0 Å². The molecule has 0 saturated carbocycles. The van der Waals surface area contributed by atoms with Crippen molar-refractivity contribution in [1.29, 1.82) is 0 Å². The summed E-state index contributed by atoms with van der Waals surface area (Å²) < 4.78 is 0. The summed E-state index contributed by atoms with van der Waals surface area (Å²) in [5.41, 5.74) is 0. The average Bonchev–Trinajstić information content (AvgIpc) is 2.64. The molecule has 0 bridgehead atoms. The molecule has 0 radical (unpaired) electrons. The lowest BCUT2D eigenvalue weighted by Gasteiger charge is -2.29. The third-order valence-corrected chi connectivity index (χ3v) is 5.51. The SMILES string of the molecule is CCNC(=NCCCN1CCC(C)CC1)NC(C)CCCN(CC)CC.I. The number of nitrogens with one attached hydrogen (secondary N) is 2. The van der Waals surface area contributed by atoms with Crippen LogP contribution in [0.5, 0.6) is 0 Å². The second-order valence-corrected chi connectivity index (χ2v) is 7.85. The highest BCUT2D eigenvalue weighted by atomic mass is 127. The summed E-state index contributed by atoms with van der Waals surface area (Å²) >= 11 is 0. The first-order valence-electron chi connectivity index (χ1n) is 11.1. The van der Waals surface area contributed by atoms with Crippen LogP contribution in [-0.4, -0.2) is 74.2 Å². The summed E-state index contributed by atoms with van der Waals surface area (Å²) in [6.07, 6.45) is 6.30. The Morgan fingerprint density at radius 3 is 2.41 bits per heavy atom. The van der Waals surface area contributed by atoms with E-state index in [9.17, 15) is 0 Å². The normalized spacial score (nSPS) is 17.6. The number of likely N-dealkylation sites (tertiary alicyclic amines) is 1. The molecule has 0 aromatic carbocycles. The summed E-state index contributed by atoms with van der Waals surface area (Å²) in [7, 11) is 0. The highest BCUT2D eigenvalue weighted by molar-refractivity contribution is 14.0. The van der Waals surface area contributed by atoms with Gasteiger partial charge in [-0.05, 0) is 91.1 Å². The molecule has 0 spiro atoms. The number of nitrogens with zero attached hydrogens (tertiary/aromatic N) is 3. The Kier molecular flexibility index (Phi) is 16.8. The molecule has 0 amide bonds. The van der Waals surface area contributed by atoms with E-state index in [2.05, 4.69) is 55.1 Å². The maximum atomic E-state index is 4.79. The maximum Gasteiger partial charge on any atom is 0.191 e. The topological polar surface area (TPSA) is 42.9 Å². The van der Waals surface area contributed by atoms with Crippen molar-refractivity contribution in [2.45, 2.75) is 72.8 Å². The zero-order chi connectivity index (χ0) is 19.2. The van der Waals surface area contributed by atoms with Gasteiger partial charge < -0.3 is 20.4 Å².